The highest BCUT2D eigenvalue weighted by Gasteiger charge is 2.17. The minimum Gasteiger partial charge on any atom is -0.354 e. The van der Waals surface area contributed by atoms with Crippen molar-refractivity contribution in [3.8, 4) is 0 Å². The molecule has 2 atom stereocenters. The normalized spacial score (nSPS) is 20.4. The largest absolute Gasteiger partial charge is 0.354 e. The minimum atomic E-state index is 0.172. The van der Waals surface area contributed by atoms with Crippen molar-refractivity contribution >= 4 is 17.7 Å². The molecule has 2 unspecified atom stereocenters. The second kappa shape index (κ2) is 8.32. The first-order chi connectivity index (χ1) is 9.74. The summed E-state index contributed by atoms with van der Waals surface area (Å²) >= 11 is 1.93. The van der Waals surface area contributed by atoms with E-state index in [1.54, 1.807) is 0 Å². The van der Waals surface area contributed by atoms with E-state index < -0.39 is 0 Å². The molecule has 1 amide bonds. The van der Waals surface area contributed by atoms with Crippen LogP contribution in [-0.4, -0.2) is 36.0 Å². The quantitative estimate of drug-likeness (QED) is 0.845. The van der Waals surface area contributed by atoms with Crippen molar-refractivity contribution in [2.45, 2.75) is 38.3 Å². The van der Waals surface area contributed by atoms with E-state index in [1.807, 2.05) is 17.8 Å². The molecule has 1 aromatic rings. The topological polar surface area (TPSA) is 41.1 Å². The first-order valence-corrected chi connectivity index (χ1v) is 8.54. The Hall–Kier alpha value is -1.000. The molecule has 1 aromatic carbocycles. The van der Waals surface area contributed by atoms with Crippen LogP contribution >= 0.6 is 11.8 Å². The molecule has 0 aromatic heterocycles. The van der Waals surface area contributed by atoms with Crippen LogP contribution in [0.2, 0.25) is 0 Å². The van der Waals surface area contributed by atoms with Crippen LogP contribution in [0.1, 0.15) is 25.3 Å². The number of thioether (sulfide) groups is 1. The smallest absolute Gasteiger partial charge is 0.221 e. The van der Waals surface area contributed by atoms with E-state index in [9.17, 15) is 4.79 Å². The van der Waals surface area contributed by atoms with Crippen LogP contribution in [0.5, 0.6) is 0 Å². The maximum absolute atomic E-state index is 12.0. The van der Waals surface area contributed by atoms with Crippen LogP contribution in [-0.2, 0) is 11.2 Å². The Morgan fingerprint density at radius 1 is 1.45 bits per heavy atom. The molecular weight excluding hydrogens is 268 g/mol. The number of hydrogen-bond donors (Lipinski definition) is 2. The predicted molar refractivity (Wildman–Crippen MR) is 86.1 cm³/mol. The zero-order chi connectivity index (χ0) is 14.2. The SMILES string of the molecule is CC(CCc1ccccc1)NC(=O)CC1CSCCN1. The summed E-state index contributed by atoms with van der Waals surface area (Å²) in [6, 6.07) is 11.0. The second-order valence-corrected chi connectivity index (χ2v) is 6.57. The zero-order valence-electron chi connectivity index (χ0n) is 12.1. The molecule has 3 nitrogen and oxygen atoms in total. The molecular formula is C16H24N2OS. The van der Waals surface area contributed by atoms with Gasteiger partial charge in [-0.1, -0.05) is 30.3 Å². The van der Waals surface area contributed by atoms with Gasteiger partial charge in [-0.05, 0) is 25.3 Å². The highest BCUT2D eigenvalue weighted by molar-refractivity contribution is 7.99. The van der Waals surface area contributed by atoms with E-state index in [4.69, 9.17) is 0 Å². The lowest BCUT2D eigenvalue weighted by atomic mass is 10.1. The first kappa shape index (κ1) is 15.4. The number of carbonyl (C=O) groups is 1. The summed E-state index contributed by atoms with van der Waals surface area (Å²) in [5.74, 6) is 2.38. The van der Waals surface area contributed by atoms with E-state index in [0.29, 0.717) is 12.5 Å². The van der Waals surface area contributed by atoms with Gasteiger partial charge in [-0.3, -0.25) is 4.79 Å². The monoisotopic (exact) mass is 292 g/mol. The van der Waals surface area contributed by atoms with Gasteiger partial charge in [-0.25, -0.2) is 0 Å². The molecule has 1 saturated heterocycles. The van der Waals surface area contributed by atoms with Crippen LogP contribution in [0.3, 0.4) is 0 Å². The number of aryl methyl sites for hydroxylation is 1. The first-order valence-electron chi connectivity index (χ1n) is 7.38. The summed E-state index contributed by atoms with van der Waals surface area (Å²) in [5.41, 5.74) is 1.33. The molecule has 0 saturated carbocycles. The number of benzene rings is 1. The maximum atomic E-state index is 12.0. The fourth-order valence-electron chi connectivity index (χ4n) is 2.41. The summed E-state index contributed by atoms with van der Waals surface area (Å²) in [6.45, 7) is 3.11. The Kier molecular flexibility index (Phi) is 6.40. The Morgan fingerprint density at radius 2 is 2.25 bits per heavy atom. The second-order valence-electron chi connectivity index (χ2n) is 5.42. The summed E-state index contributed by atoms with van der Waals surface area (Å²) in [6.07, 6.45) is 2.60. The van der Waals surface area contributed by atoms with Gasteiger partial charge < -0.3 is 10.6 Å². The standard InChI is InChI=1S/C16H24N2OS/c1-13(7-8-14-5-3-2-4-6-14)18-16(19)11-15-12-20-10-9-17-15/h2-6,13,15,17H,7-12H2,1H3,(H,18,19). The molecule has 0 aliphatic carbocycles. The zero-order valence-corrected chi connectivity index (χ0v) is 12.9. The third kappa shape index (κ3) is 5.55. The van der Waals surface area contributed by atoms with Crippen LogP contribution in [0.25, 0.3) is 0 Å². The Balaban J connectivity index is 1.65. The molecule has 0 bridgehead atoms. The molecule has 1 aliphatic heterocycles. The van der Waals surface area contributed by atoms with Gasteiger partial charge in [0.05, 0.1) is 0 Å². The minimum absolute atomic E-state index is 0.172. The van der Waals surface area contributed by atoms with Crippen molar-refractivity contribution in [1.29, 1.82) is 0 Å². The maximum Gasteiger partial charge on any atom is 0.221 e. The van der Waals surface area contributed by atoms with Gasteiger partial charge in [0.1, 0.15) is 0 Å². The molecule has 2 rings (SSSR count). The summed E-state index contributed by atoms with van der Waals surface area (Å²) in [5, 5.41) is 6.51. The lowest BCUT2D eigenvalue weighted by Gasteiger charge is -2.23. The number of nitrogens with one attached hydrogen (secondary N) is 2. The van der Waals surface area contributed by atoms with Crippen molar-refractivity contribution in [2.24, 2.45) is 0 Å². The van der Waals surface area contributed by atoms with Crippen molar-refractivity contribution in [3.63, 3.8) is 0 Å². The molecule has 4 heteroatoms. The van der Waals surface area contributed by atoms with E-state index in [2.05, 4.69) is 41.8 Å². The van der Waals surface area contributed by atoms with Gasteiger partial charge in [0.25, 0.3) is 0 Å². The predicted octanol–water partition coefficient (Wildman–Crippen LogP) is 2.22. The third-order valence-electron chi connectivity index (χ3n) is 3.55. The van der Waals surface area contributed by atoms with E-state index in [-0.39, 0.29) is 11.9 Å². The fourth-order valence-corrected chi connectivity index (χ4v) is 3.36. The Labute approximate surface area is 125 Å². The summed E-state index contributed by atoms with van der Waals surface area (Å²) in [7, 11) is 0. The Bertz CT molecular complexity index is 404. The average molecular weight is 292 g/mol. The van der Waals surface area contributed by atoms with Crippen molar-refractivity contribution in [2.75, 3.05) is 18.1 Å². The van der Waals surface area contributed by atoms with Crippen molar-refractivity contribution < 1.29 is 4.79 Å². The van der Waals surface area contributed by atoms with E-state index in [0.717, 1.165) is 30.9 Å². The average Bonchev–Trinajstić information content (AvgIpc) is 2.47. The van der Waals surface area contributed by atoms with Crippen LogP contribution in [0, 0.1) is 0 Å². The third-order valence-corrected chi connectivity index (χ3v) is 4.68. The number of hydrogen-bond acceptors (Lipinski definition) is 3. The molecule has 1 heterocycles. The highest BCUT2D eigenvalue weighted by Crippen LogP contribution is 2.10. The van der Waals surface area contributed by atoms with Gasteiger partial charge in [0, 0.05) is 36.6 Å². The van der Waals surface area contributed by atoms with Gasteiger partial charge in [0.15, 0.2) is 0 Å². The van der Waals surface area contributed by atoms with Crippen molar-refractivity contribution in [3.05, 3.63) is 35.9 Å². The Morgan fingerprint density at radius 3 is 2.95 bits per heavy atom. The van der Waals surface area contributed by atoms with E-state index >= 15 is 0 Å². The summed E-state index contributed by atoms with van der Waals surface area (Å²) in [4.78, 5) is 12.0. The van der Waals surface area contributed by atoms with Gasteiger partial charge in [-0.15, -0.1) is 0 Å². The molecule has 0 radical (unpaired) electrons. The molecule has 2 N–H and O–H groups in total. The van der Waals surface area contributed by atoms with Crippen LogP contribution < -0.4 is 10.6 Å². The van der Waals surface area contributed by atoms with E-state index in [1.165, 1.54) is 5.56 Å². The fraction of sp³-hybridized carbons (Fsp3) is 0.562. The van der Waals surface area contributed by atoms with Crippen LogP contribution in [0.15, 0.2) is 30.3 Å². The number of amides is 1. The van der Waals surface area contributed by atoms with Crippen LogP contribution in [0.4, 0.5) is 0 Å². The lowest BCUT2D eigenvalue weighted by Crippen LogP contribution is -2.43. The number of carbonyl (C=O) groups excluding carboxylic acids is 1. The van der Waals surface area contributed by atoms with Gasteiger partial charge >= 0.3 is 0 Å². The summed E-state index contributed by atoms with van der Waals surface area (Å²) < 4.78 is 0. The van der Waals surface area contributed by atoms with Crippen molar-refractivity contribution in [1.82, 2.24) is 10.6 Å². The van der Waals surface area contributed by atoms with Gasteiger partial charge in [-0.2, -0.15) is 11.8 Å². The molecule has 1 aliphatic rings. The highest BCUT2D eigenvalue weighted by atomic mass is 32.2. The molecule has 110 valence electrons. The lowest BCUT2D eigenvalue weighted by molar-refractivity contribution is -0.122. The molecule has 20 heavy (non-hydrogen) atoms. The molecule has 1 fully saturated rings. The van der Waals surface area contributed by atoms with Gasteiger partial charge in [0.2, 0.25) is 5.91 Å². The molecule has 0 spiro atoms. The number of rotatable bonds is 6.